The molecular weight excluding hydrogens is 445 g/mol. The first kappa shape index (κ1) is 23.2. The molecule has 0 radical (unpaired) electrons. The maximum Gasteiger partial charge on any atom is 0.417 e. The quantitative estimate of drug-likeness (QED) is 0.431. The van der Waals surface area contributed by atoms with Gasteiger partial charge in [0, 0.05) is 25.1 Å². The second-order valence-electron chi connectivity index (χ2n) is 8.07. The van der Waals surface area contributed by atoms with Crippen molar-refractivity contribution in [1.82, 2.24) is 29.9 Å². The predicted octanol–water partition coefficient (Wildman–Crippen LogP) is 4.58. The highest BCUT2D eigenvalue weighted by Gasteiger charge is 2.31. The molecule has 3 aromatic heterocycles. The summed E-state index contributed by atoms with van der Waals surface area (Å²) in [4.78, 5) is 17.0. The standard InChI is InChI=1S/C24H23F3N6O/c1-16(2)22-20(14-31-33(22)21-9-8-19(13-28-21)24(25,26)27)23(34)29-12-17-6-3-4-7-18(17)15-32-11-5-10-30-32/h3-11,13-14,16H,12,15H2,1-2H3,(H,29,34). The van der Waals surface area contributed by atoms with Gasteiger partial charge in [0.1, 0.15) is 0 Å². The van der Waals surface area contributed by atoms with E-state index in [0.29, 0.717) is 24.3 Å². The van der Waals surface area contributed by atoms with E-state index in [9.17, 15) is 18.0 Å². The number of nitrogens with one attached hydrogen (secondary N) is 1. The van der Waals surface area contributed by atoms with Gasteiger partial charge in [-0.2, -0.15) is 23.4 Å². The van der Waals surface area contributed by atoms with E-state index in [1.54, 1.807) is 10.9 Å². The Morgan fingerprint density at radius 3 is 2.41 bits per heavy atom. The first-order valence-electron chi connectivity index (χ1n) is 10.7. The van der Waals surface area contributed by atoms with Gasteiger partial charge in [0.25, 0.3) is 5.91 Å². The van der Waals surface area contributed by atoms with Gasteiger partial charge in [-0.3, -0.25) is 9.48 Å². The van der Waals surface area contributed by atoms with Crippen LogP contribution < -0.4 is 5.32 Å². The van der Waals surface area contributed by atoms with Gasteiger partial charge in [-0.15, -0.1) is 0 Å². The van der Waals surface area contributed by atoms with Gasteiger partial charge in [-0.25, -0.2) is 9.67 Å². The fourth-order valence-electron chi connectivity index (χ4n) is 3.67. The number of carbonyl (C=O) groups is 1. The van der Waals surface area contributed by atoms with E-state index >= 15 is 0 Å². The Balaban J connectivity index is 1.54. The molecule has 0 fully saturated rings. The molecular formula is C24H23F3N6O. The molecule has 0 aliphatic heterocycles. The number of benzene rings is 1. The van der Waals surface area contributed by atoms with E-state index in [2.05, 4.69) is 20.5 Å². The fourth-order valence-corrected chi connectivity index (χ4v) is 3.67. The van der Waals surface area contributed by atoms with Gasteiger partial charge in [-0.05, 0) is 35.2 Å². The molecule has 4 aromatic rings. The molecule has 1 aromatic carbocycles. The first-order valence-corrected chi connectivity index (χ1v) is 10.7. The molecule has 0 unspecified atom stereocenters. The van der Waals surface area contributed by atoms with Crippen molar-refractivity contribution in [3.05, 3.63) is 95.2 Å². The van der Waals surface area contributed by atoms with Gasteiger partial charge >= 0.3 is 6.18 Å². The third-order valence-corrected chi connectivity index (χ3v) is 5.34. The van der Waals surface area contributed by atoms with Crippen LogP contribution in [0.4, 0.5) is 13.2 Å². The Kier molecular flexibility index (Phi) is 6.49. The molecule has 1 amide bonds. The van der Waals surface area contributed by atoms with E-state index in [0.717, 1.165) is 23.4 Å². The smallest absolute Gasteiger partial charge is 0.348 e. The first-order chi connectivity index (χ1) is 16.2. The van der Waals surface area contributed by atoms with Crippen LogP contribution in [0.3, 0.4) is 0 Å². The summed E-state index contributed by atoms with van der Waals surface area (Å²) in [5.41, 5.74) is 2.05. The van der Waals surface area contributed by atoms with Gasteiger partial charge < -0.3 is 5.32 Å². The fraction of sp³-hybridized carbons (Fsp3) is 0.250. The molecule has 0 atom stereocenters. The number of pyridine rings is 1. The lowest BCUT2D eigenvalue weighted by atomic mass is 10.0. The lowest BCUT2D eigenvalue weighted by Gasteiger charge is -2.14. The van der Waals surface area contributed by atoms with Crippen molar-refractivity contribution in [2.24, 2.45) is 0 Å². The Labute approximate surface area is 194 Å². The van der Waals surface area contributed by atoms with Crippen LogP contribution in [0.2, 0.25) is 0 Å². The molecule has 0 bridgehead atoms. The van der Waals surface area contributed by atoms with Crippen LogP contribution in [-0.2, 0) is 19.3 Å². The average molecular weight is 468 g/mol. The van der Waals surface area contributed by atoms with Crippen LogP contribution in [0.5, 0.6) is 0 Å². The van der Waals surface area contributed by atoms with Crippen molar-refractivity contribution in [3.63, 3.8) is 0 Å². The summed E-state index contributed by atoms with van der Waals surface area (Å²) in [5.74, 6) is -0.240. The van der Waals surface area contributed by atoms with Gasteiger partial charge in [0.2, 0.25) is 0 Å². The molecule has 0 spiro atoms. The average Bonchev–Trinajstić information content (AvgIpc) is 3.48. The topological polar surface area (TPSA) is 77.6 Å². The number of hydrogen-bond acceptors (Lipinski definition) is 4. The molecule has 0 saturated carbocycles. The molecule has 0 aliphatic rings. The number of amides is 1. The van der Waals surface area contributed by atoms with E-state index < -0.39 is 11.7 Å². The third-order valence-electron chi connectivity index (χ3n) is 5.34. The monoisotopic (exact) mass is 468 g/mol. The molecule has 4 rings (SSSR count). The molecule has 34 heavy (non-hydrogen) atoms. The zero-order valence-electron chi connectivity index (χ0n) is 18.6. The van der Waals surface area contributed by atoms with Gasteiger partial charge in [-0.1, -0.05) is 38.1 Å². The summed E-state index contributed by atoms with van der Waals surface area (Å²) in [6, 6.07) is 11.8. The molecule has 10 heteroatoms. The minimum atomic E-state index is -4.48. The highest BCUT2D eigenvalue weighted by Crippen LogP contribution is 2.29. The van der Waals surface area contributed by atoms with Crippen molar-refractivity contribution >= 4 is 5.91 Å². The van der Waals surface area contributed by atoms with Crippen LogP contribution in [0.15, 0.2) is 67.3 Å². The van der Waals surface area contributed by atoms with Crippen LogP contribution in [-0.4, -0.2) is 30.5 Å². The number of carbonyl (C=O) groups excluding carboxylic acids is 1. The van der Waals surface area contributed by atoms with Crippen LogP contribution in [0, 0.1) is 0 Å². The highest BCUT2D eigenvalue weighted by molar-refractivity contribution is 5.95. The largest absolute Gasteiger partial charge is 0.417 e. The summed E-state index contributed by atoms with van der Waals surface area (Å²) >= 11 is 0. The maximum atomic E-state index is 13.1. The number of aromatic nitrogens is 5. The Hall–Kier alpha value is -3.95. The SMILES string of the molecule is CC(C)c1c(C(=O)NCc2ccccc2Cn2cccn2)cnn1-c1ccc(C(F)(F)F)cn1. The van der Waals surface area contributed by atoms with Crippen LogP contribution >= 0.6 is 0 Å². The summed E-state index contributed by atoms with van der Waals surface area (Å²) in [5, 5.41) is 11.4. The molecule has 7 nitrogen and oxygen atoms in total. The Morgan fingerprint density at radius 1 is 1.03 bits per heavy atom. The van der Waals surface area contributed by atoms with Gasteiger partial charge in [0.05, 0.1) is 29.6 Å². The van der Waals surface area contributed by atoms with Crippen molar-refractivity contribution in [2.45, 2.75) is 39.0 Å². The number of alkyl halides is 3. The number of hydrogen-bond donors (Lipinski definition) is 1. The summed E-state index contributed by atoms with van der Waals surface area (Å²) < 4.78 is 41.8. The van der Waals surface area contributed by atoms with Gasteiger partial charge in [0.15, 0.2) is 5.82 Å². The van der Waals surface area contributed by atoms with E-state index in [-0.39, 0.29) is 17.6 Å². The minimum Gasteiger partial charge on any atom is -0.348 e. The minimum absolute atomic E-state index is 0.126. The van der Waals surface area contributed by atoms with E-state index in [1.165, 1.54) is 16.9 Å². The Bertz CT molecular complexity index is 1260. The van der Waals surface area contributed by atoms with Crippen LogP contribution in [0.1, 0.15) is 52.5 Å². The van der Waals surface area contributed by atoms with Crippen LogP contribution in [0.25, 0.3) is 5.82 Å². The highest BCUT2D eigenvalue weighted by atomic mass is 19.4. The Morgan fingerprint density at radius 2 is 1.79 bits per heavy atom. The molecule has 1 N–H and O–H groups in total. The number of nitrogens with zero attached hydrogens (tertiary/aromatic N) is 5. The molecule has 176 valence electrons. The second kappa shape index (κ2) is 9.50. The molecule has 0 aliphatic carbocycles. The zero-order chi connectivity index (χ0) is 24.3. The maximum absolute atomic E-state index is 13.1. The molecule has 3 heterocycles. The van der Waals surface area contributed by atoms with E-state index in [1.807, 2.05) is 50.4 Å². The summed E-state index contributed by atoms with van der Waals surface area (Å²) in [6.45, 7) is 4.65. The van der Waals surface area contributed by atoms with Crippen molar-refractivity contribution in [1.29, 1.82) is 0 Å². The molecule has 0 saturated heterocycles. The van der Waals surface area contributed by atoms with Crippen molar-refractivity contribution in [2.75, 3.05) is 0 Å². The predicted molar refractivity (Wildman–Crippen MR) is 119 cm³/mol. The van der Waals surface area contributed by atoms with Crippen molar-refractivity contribution < 1.29 is 18.0 Å². The van der Waals surface area contributed by atoms with Crippen molar-refractivity contribution in [3.8, 4) is 5.82 Å². The normalized spacial score (nSPS) is 11.7. The zero-order valence-corrected chi connectivity index (χ0v) is 18.6. The lowest BCUT2D eigenvalue weighted by Crippen LogP contribution is -2.25. The number of rotatable bonds is 7. The summed E-state index contributed by atoms with van der Waals surface area (Å²) in [6.07, 6.45) is 1.28. The third kappa shape index (κ3) is 5.00. The second-order valence-corrected chi connectivity index (χ2v) is 8.07. The number of halogens is 3. The lowest BCUT2D eigenvalue weighted by molar-refractivity contribution is -0.137. The van der Waals surface area contributed by atoms with E-state index in [4.69, 9.17) is 0 Å². The summed E-state index contributed by atoms with van der Waals surface area (Å²) in [7, 11) is 0.